The van der Waals surface area contributed by atoms with Crippen LogP contribution in [0.1, 0.15) is 12.0 Å². The van der Waals surface area contributed by atoms with E-state index in [9.17, 15) is 18.3 Å². The topological polar surface area (TPSA) is 54.4 Å². The Kier molecular flexibility index (Phi) is 3.89. The number of alkyl halides is 3. The Labute approximate surface area is 112 Å². The zero-order valence-corrected chi connectivity index (χ0v) is 10.6. The maximum atomic E-state index is 12.6. The third kappa shape index (κ3) is 3.71. The Balaban J connectivity index is 2.10. The van der Waals surface area contributed by atoms with Gasteiger partial charge in [0.05, 0.1) is 12.2 Å². The lowest BCUT2D eigenvalue weighted by Crippen LogP contribution is -2.37. The molecule has 2 rings (SSSR count). The summed E-state index contributed by atoms with van der Waals surface area (Å²) in [6.45, 7) is 0.624. The number of halogens is 4. The fraction of sp³-hybridized carbons (Fsp3) is 0.545. The molecule has 8 heteroatoms. The Hall–Kier alpha value is -1.05. The standard InChI is InChI=1S/C11H12ClF3N2O2/c12-8-3-7(11(13,14)15)4-9(17-8)16-5-10(18)1-2-19-6-10/h3-4,18H,1-2,5-6H2,(H,16,17). The summed E-state index contributed by atoms with van der Waals surface area (Å²) in [5.74, 6) is -0.0276. The Morgan fingerprint density at radius 1 is 1.47 bits per heavy atom. The van der Waals surface area contributed by atoms with E-state index in [1.165, 1.54) is 0 Å². The number of pyridine rings is 1. The minimum absolute atomic E-state index is 0.0276. The van der Waals surface area contributed by atoms with Crippen LogP contribution < -0.4 is 5.32 Å². The zero-order chi connectivity index (χ0) is 14.1. The summed E-state index contributed by atoms with van der Waals surface area (Å²) in [5, 5.41) is 12.4. The highest BCUT2D eigenvalue weighted by Gasteiger charge is 2.33. The molecule has 1 aromatic rings. The van der Waals surface area contributed by atoms with Crippen LogP contribution in [0.5, 0.6) is 0 Å². The minimum Gasteiger partial charge on any atom is -0.386 e. The second kappa shape index (κ2) is 5.15. The number of hydrogen-bond acceptors (Lipinski definition) is 4. The summed E-state index contributed by atoms with van der Waals surface area (Å²) in [6.07, 6.45) is -4.07. The molecular formula is C11H12ClF3N2O2. The number of anilines is 1. The lowest BCUT2D eigenvalue weighted by atomic mass is 10.0. The molecule has 1 unspecified atom stereocenters. The van der Waals surface area contributed by atoms with Gasteiger partial charge in [-0.3, -0.25) is 0 Å². The van der Waals surface area contributed by atoms with E-state index in [1.807, 2.05) is 0 Å². The molecule has 106 valence electrons. The van der Waals surface area contributed by atoms with Crippen molar-refractivity contribution in [3.8, 4) is 0 Å². The first-order valence-corrected chi connectivity index (χ1v) is 5.95. The Bertz CT molecular complexity index is 462. The molecule has 2 heterocycles. The molecule has 1 saturated heterocycles. The number of nitrogens with zero attached hydrogens (tertiary/aromatic N) is 1. The highest BCUT2D eigenvalue weighted by molar-refractivity contribution is 6.29. The molecule has 0 amide bonds. The van der Waals surface area contributed by atoms with Crippen molar-refractivity contribution < 1.29 is 23.0 Å². The number of rotatable bonds is 3. The van der Waals surface area contributed by atoms with Crippen LogP contribution in [0.25, 0.3) is 0 Å². The van der Waals surface area contributed by atoms with Gasteiger partial charge in [0.25, 0.3) is 0 Å². The van der Waals surface area contributed by atoms with Crippen LogP contribution in [0, 0.1) is 0 Å². The van der Waals surface area contributed by atoms with Crippen LogP contribution in [0.4, 0.5) is 19.0 Å². The van der Waals surface area contributed by atoms with Crippen molar-refractivity contribution >= 4 is 17.4 Å². The summed E-state index contributed by atoms with van der Waals surface area (Å²) in [5.41, 5.74) is -1.97. The van der Waals surface area contributed by atoms with Crippen molar-refractivity contribution in [2.24, 2.45) is 0 Å². The van der Waals surface area contributed by atoms with Crippen LogP contribution in [-0.2, 0) is 10.9 Å². The van der Waals surface area contributed by atoms with E-state index in [1.54, 1.807) is 0 Å². The van der Waals surface area contributed by atoms with E-state index in [2.05, 4.69) is 10.3 Å². The molecule has 0 aliphatic carbocycles. The SMILES string of the molecule is OC1(CNc2cc(C(F)(F)F)cc(Cl)n2)CCOC1. The van der Waals surface area contributed by atoms with Crippen molar-refractivity contribution in [3.05, 3.63) is 22.8 Å². The fourth-order valence-corrected chi connectivity index (χ4v) is 1.95. The molecule has 1 fully saturated rings. The smallest absolute Gasteiger partial charge is 0.386 e. The van der Waals surface area contributed by atoms with Crippen LogP contribution in [0.15, 0.2) is 12.1 Å². The second-order valence-electron chi connectivity index (χ2n) is 4.44. The van der Waals surface area contributed by atoms with Crippen molar-refractivity contribution in [3.63, 3.8) is 0 Å². The van der Waals surface area contributed by atoms with Gasteiger partial charge in [0, 0.05) is 19.6 Å². The largest absolute Gasteiger partial charge is 0.416 e. The zero-order valence-electron chi connectivity index (χ0n) is 9.80. The minimum atomic E-state index is -4.49. The molecule has 19 heavy (non-hydrogen) atoms. The Morgan fingerprint density at radius 2 is 2.21 bits per heavy atom. The average molecular weight is 297 g/mol. The molecule has 0 radical (unpaired) electrons. The van der Waals surface area contributed by atoms with Crippen LogP contribution in [0.3, 0.4) is 0 Å². The van der Waals surface area contributed by atoms with E-state index >= 15 is 0 Å². The van der Waals surface area contributed by atoms with Crippen LogP contribution in [-0.4, -0.2) is 35.5 Å². The summed E-state index contributed by atoms with van der Waals surface area (Å²) in [6, 6.07) is 1.60. The summed E-state index contributed by atoms with van der Waals surface area (Å²) in [4.78, 5) is 3.74. The second-order valence-corrected chi connectivity index (χ2v) is 4.83. The van der Waals surface area contributed by atoms with Gasteiger partial charge in [0.15, 0.2) is 0 Å². The number of nitrogens with one attached hydrogen (secondary N) is 1. The first-order chi connectivity index (χ1) is 8.78. The number of aromatic nitrogens is 1. The van der Waals surface area contributed by atoms with Crippen molar-refractivity contribution in [1.82, 2.24) is 4.98 Å². The number of ether oxygens (including phenoxy) is 1. The molecule has 2 N–H and O–H groups in total. The van der Waals surface area contributed by atoms with Gasteiger partial charge in [-0.15, -0.1) is 0 Å². The van der Waals surface area contributed by atoms with Gasteiger partial charge in [-0.05, 0) is 12.1 Å². The lowest BCUT2D eigenvalue weighted by Gasteiger charge is -2.21. The van der Waals surface area contributed by atoms with Gasteiger partial charge in [0.2, 0.25) is 0 Å². The molecule has 0 saturated carbocycles. The summed E-state index contributed by atoms with van der Waals surface area (Å²) < 4.78 is 42.8. The van der Waals surface area contributed by atoms with Gasteiger partial charge in [-0.1, -0.05) is 11.6 Å². The average Bonchev–Trinajstić information content (AvgIpc) is 2.72. The van der Waals surface area contributed by atoms with Crippen LogP contribution >= 0.6 is 11.6 Å². The molecule has 0 bridgehead atoms. The highest BCUT2D eigenvalue weighted by Crippen LogP contribution is 2.32. The summed E-state index contributed by atoms with van der Waals surface area (Å²) >= 11 is 5.55. The molecule has 0 spiro atoms. The molecule has 1 aromatic heterocycles. The monoisotopic (exact) mass is 296 g/mol. The predicted octanol–water partition coefficient (Wildman–Crippen LogP) is 2.32. The summed E-state index contributed by atoms with van der Waals surface area (Å²) in [7, 11) is 0. The van der Waals surface area contributed by atoms with Gasteiger partial charge in [-0.2, -0.15) is 13.2 Å². The third-order valence-corrected chi connectivity index (χ3v) is 3.00. The maximum absolute atomic E-state index is 12.6. The van der Waals surface area contributed by atoms with Gasteiger partial charge >= 0.3 is 6.18 Å². The van der Waals surface area contributed by atoms with Gasteiger partial charge in [0.1, 0.15) is 16.6 Å². The lowest BCUT2D eigenvalue weighted by molar-refractivity contribution is -0.137. The number of aliphatic hydroxyl groups is 1. The van der Waals surface area contributed by atoms with E-state index < -0.39 is 17.3 Å². The van der Waals surface area contributed by atoms with Crippen LogP contribution in [0.2, 0.25) is 5.15 Å². The quantitative estimate of drug-likeness (QED) is 0.841. The van der Waals surface area contributed by atoms with Crippen molar-refractivity contribution in [2.45, 2.75) is 18.2 Å². The highest BCUT2D eigenvalue weighted by atomic mass is 35.5. The Morgan fingerprint density at radius 3 is 2.79 bits per heavy atom. The first kappa shape index (κ1) is 14.4. The molecule has 0 aromatic carbocycles. The molecule has 1 atom stereocenters. The van der Waals surface area contributed by atoms with E-state index in [0.717, 1.165) is 12.1 Å². The van der Waals surface area contributed by atoms with Crippen molar-refractivity contribution in [2.75, 3.05) is 25.1 Å². The molecular weight excluding hydrogens is 285 g/mol. The predicted molar refractivity (Wildman–Crippen MR) is 63.1 cm³/mol. The molecule has 4 nitrogen and oxygen atoms in total. The third-order valence-electron chi connectivity index (χ3n) is 2.80. The van der Waals surface area contributed by atoms with Gasteiger partial charge in [-0.25, -0.2) is 4.98 Å². The van der Waals surface area contributed by atoms with E-state index in [0.29, 0.717) is 13.0 Å². The first-order valence-electron chi connectivity index (χ1n) is 5.57. The van der Waals surface area contributed by atoms with E-state index in [-0.39, 0.29) is 24.1 Å². The molecule has 1 aliphatic heterocycles. The number of hydrogen-bond donors (Lipinski definition) is 2. The normalized spacial score (nSPS) is 23.6. The maximum Gasteiger partial charge on any atom is 0.416 e. The van der Waals surface area contributed by atoms with Crippen molar-refractivity contribution in [1.29, 1.82) is 0 Å². The van der Waals surface area contributed by atoms with Gasteiger partial charge < -0.3 is 15.2 Å². The van der Waals surface area contributed by atoms with E-state index in [4.69, 9.17) is 16.3 Å². The molecule has 1 aliphatic rings. The fourth-order valence-electron chi connectivity index (χ4n) is 1.74.